The smallest absolute Gasteiger partial charge is 0.251 e. The fourth-order valence-corrected chi connectivity index (χ4v) is 4.01. The minimum Gasteiger partial charge on any atom is -0.368 e. The lowest BCUT2D eigenvalue weighted by molar-refractivity contribution is -0.120. The molecule has 0 unspecified atom stereocenters. The summed E-state index contributed by atoms with van der Waals surface area (Å²) in [6.45, 7) is 1.41. The summed E-state index contributed by atoms with van der Waals surface area (Å²) in [6, 6.07) is 21.2. The third-order valence-corrected chi connectivity index (χ3v) is 5.28. The van der Waals surface area contributed by atoms with E-state index in [1.807, 2.05) is 48.5 Å². The monoisotopic (exact) mass is 399 g/mol. The minimum absolute atomic E-state index is 0.195. The van der Waals surface area contributed by atoms with E-state index in [-0.39, 0.29) is 11.8 Å². The molecular weight excluding hydrogens is 378 g/mol. The molecule has 30 heavy (non-hydrogen) atoms. The van der Waals surface area contributed by atoms with Gasteiger partial charge in [0, 0.05) is 24.1 Å². The van der Waals surface area contributed by atoms with Crippen molar-refractivity contribution in [2.75, 3.05) is 5.32 Å². The Labute approximate surface area is 174 Å². The molecule has 0 fully saturated rings. The quantitative estimate of drug-likeness (QED) is 0.615. The van der Waals surface area contributed by atoms with Crippen LogP contribution in [0.4, 0.5) is 5.69 Å². The number of hydrogen-bond donors (Lipinski definition) is 3. The van der Waals surface area contributed by atoms with Crippen LogP contribution in [0.25, 0.3) is 11.1 Å². The number of nitrogens with two attached hydrogens (primary N) is 1. The second kappa shape index (κ2) is 7.83. The van der Waals surface area contributed by atoms with Crippen molar-refractivity contribution >= 4 is 23.4 Å². The van der Waals surface area contributed by atoms with Crippen molar-refractivity contribution < 1.29 is 14.4 Å². The Bertz CT molecular complexity index is 1090. The van der Waals surface area contributed by atoms with Crippen LogP contribution < -0.4 is 16.4 Å². The van der Waals surface area contributed by atoms with Crippen LogP contribution in [0.3, 0.4) is 0 Å². The second-order valence-corrected chi connectivity index (χ2v) is 7.26. The lowest BCUT2D eigenvalue weighted by atomic mass is 9.88. The Balaban J connectivity index is 1.64. The van der Waals surface area contributed by atoms with Gasteiger partial charge >= 0.3 is 0 Å². The van der Waals surface area contributed by atoms with E-state index in [4.69, 9.17) is 5.73 Å². The molecule has 1 atom stereocenters. The van der Waals surface area contributed by atoms with Gasteiger partial charge in [0.2, 0.25) is 11.8 Å². The maximum Gasteiger partial charge on any atom is 0.251 e. The Kier molecular flexibility index (Phi) is 5.06. The van der Waals surface area contributed by atoms with Crippen molar-refractivity contribution in [1.29, 1.82) is 0 Å². The van der Waals surface area contributed by atoms with Crippen LogP contribution in [0.1, 0.15) is 34.3 Å². The molecular formula is C24H21N3O3. The van der Waals surface area contributed by atoms with Crippen LogP contribution in [0.5, 0.6) is 0 Å². The molecule has 0 heterocycles. The maximum absolute atomic E-state index is 12.9. The van der Waals surface area contributed by atoms with Crippen molar-refractivity contribution in [3.8, 4) is 11.1 Å². The highest BCUT2D eigenvalue weighted by molar-refractivity contribution is 5.99. The Morgan fingerprint density at radius 3 is 1.87 bits per heavy atom. The molecule has 6 nitrogen and oxygen atoms in total. The summed E-state index contributed by atoms with van der Waals surface area (Å²) < 4.78 is 0. The molecule has 3 amide bonds. The highest BCUT2D eigenvalue weighted by Crippen LogP contribution is 2.46. The first kappa shape index (κ1) is 19.4. The van der Waals surface area contributed by atoms with Gasteiger partial charge in [-0.1, -0.05) is 48.5 Å². The number of carbonyl (C=O) groups is 3. The zero-order valence-electron chi connectivity index (χ0n) is 16.4. The van der Waals surface area contributed by atoms with E-state index in [1.54, 1.807) is 24.3 Å². The standard InChI is InChI=1S/C24H21N3O3/c1-14(28)26-16-12-10-15(11-13-16)24(30)27-22(23(25)29)21-19-8-4-2-6-17(19)18-7-3-5-9-20(18)21/h2-13,21-22H,1H3,(H2,25,29)(H,26,28)(H,27,30)/t22-/m1/s1. The molecule has 0 aromatic heterocycles. The zero-order chi connectivity index (χ0) is 21.3. The summed E-state index contributed by atoms with van der Waals surface area (Å²) in [7, 11) is 0. The second-order valence-electron chi connectivity index (χ2n) is 7.26. The molecule has 0 radical (unpaired) electrons. The van der Waals surface area contributed by atoms with E-state index >= 15 is 0 Å². The largest absolute Gasteiger partial charge is 0.368 e. The zero-order valence-corrected chi connectivity index (χ0v) is 16.4. The lowest BCUT2D eigenvalue weighted by Gasteiger charge is -2.24. The van der Waals surface area contributed by atoms with Crippen LogP contribution in [0.15, 0.2) is 72.8 Å². The van der Waals surface area contributed by atoms with Gasteiger partial charge in [0.25, 0.3) is 5.91 Å². The lowest BCUT2D eigenvalue weighted by Crippen LogP contribution is -2.48. The van der Waals surface area contributed by atoms with E-state index in [0.717, 1.165) is 22.3 Å². The summed E-state index contributed by atoms with van der Waals surface area (Å²) >= 11 is 0. The normalized spacial score (nSPS) is 13.1. The number of benzene rings is 3. The van der Waals surface area contributed by atoms with Crippen molar-refractivity contribution in [2.45, 2.75) is 18.9 Å². The van der Waals surface area contributed by atoms with E-state index in [2.05, 4.69) is 10.6 Å². The molecule has 0 aliphatic heterocycles. The average molecular weight is 399 g/mol. The third-order valence-electron chi connectivity index (χ3n) is 5.28. The maximum atomic E-state index is 12.9. The molecule has 0 saturated carbocycles. The van der Waals surface area contributed by atoms with E-state index in [0.29, 0.717) is 11.3 Å². The summed E-state index contributed by atoms with van der Waals surface area (Å²) in [4.78, 5) is 36.4. The number of amides is 3. The Hall–Kier alpha value is -3.93. The first-order chi connectivity index (χ1) is 14.5. The van der Waals surface area contributed by atoms with Gasteiger partial charge in [-0.15, -0.1) is 0 Å². The number of rotatable bonds is 5. The first-order valence-corrected chi connectivity index (χ1v) is 9.62. The van der Waals surface area contributed by atoms with Gasteiger partial charge in [-0.2, -0.15) is 0 Å². The first-order valence-electron chi connectivity index (χ1n) is 9.62. The molecule has 6 heteroatoms. The van der Waals surface area contributed by atoms with Crippen molar-refractivity contribution in [3.63, 3.8) is 0 Å². The van der Waals surface area contributed by atoms with E-state index < -0.39 is 17.9 Å². The predicted molar refractivity (Wildman–Crippen MR) is 115 cm³/mol. The Morgan fingerprint density at radius 2 is 1.37 bits per heavy atom. The van der Waals surface area contributed by atoms with Gasteiger partial charge in [-0.3, -0.25) is 14.4 Å². The van der Waals surface area contributed by atoms with Gasteiger partial charge in [0.1, 0.15) is 6.04 Å². The van der Waals surface area contributed by atoms with E-state index in [9.17, 15) is 14.4 Å². The highest BCUT2D eigenvalue weighted by atomic mass is 16.2. The number of nitrogens with one attached hydrogen (secondary N) is 2. The highest BCUT2D eigenvalue weighted by Gasteiger charge is 2.37. The van der Waals surface area contributed by atoms with E-state index in [1.165, 1.54) is 6.92 Å². The van der Waals surface area contributed by atoms with Crippen molar-refractivity contribution in [2.24, 2.45) is 5.73 Å². The number of fused-ring (bicyclic) bond motifs is 3. The molecule has 4 N–H and O–H groups in total. The molecule has 0 spiro atoms. The van der Waals surface area contributed by atoms with Gasteiger partial charge < -0.3 is 16.4 Å². The third kappa shape index (κ3) is 3.55. The molecule has 1 aliphatic carbocycles. The number of anilines is 1. The van der Waals surface area contributed by atoms with Gasteiger partial charge in [-0.25, -0.2) is 0 Å². The predicted octanol–water partition coefficient (Wildman–Crippen LogP) is 3.04. The SMILES string of the molecule is CC(=O)Nc1ccc(C(=O)N[C@@H](C(N)=O)C2c3ccccc3-c3ccccc32)cc1. The molecule has 3 aromatic carbocycles. The molecule has 4 rings (SSSR count). The van der Waals surface area contributed by atoms with Crippen LogP contribution in [0, 0.1) is 0 Å². The molecule has 1 aliphatic rings. The topological polar surface area (TPSA) is 101 Å². The summed E-state index contributed by atoms with van der Waals surface area (Å²) in [5.41, 5.74) is 10.7. The molecule has 0 bridgehead atoms. The average Bonchev–Trinajstić information content (AvgIpc) is 3.06. The van der Waals surface area contributed by atoms with Gasteiger partial charge in [-0.05, 0) is 46.5 Å². The Morgan fingerprint density at radius 1 is 0.833 bits per heavy atom. The molecule has 0 saturated heterocycles. The summed E-state index contributed by atoms with van der Waals surface area (Å²) in [6.07, 6.45) is 0. The van der Waals surface area contributed by atoms with Crippen LogP contribution >= 0.6 is 0 Å². The van der Waals surface area contributed by atoms with Crippen LogP contribution in [0.2, 0.25) is 0 Å². The van der Waals surface area contributed by atoms with Crippen LogP contribution in [-0.4, -0.2) is 23.8 Å². The van der Waals surface area contributed by atoms with Crippen molar-refractivity contribution in [3.05, 3.63) is 89.5 Å². The summed E-state index contributed by atoms with van der Waals surface area (Å²) in [5.74, 6) is -1.57. The number of carbonyl (C=O) groups excluding carboxylic acids is 3. The number of primary amides is 1. The van der Waals surface area contributed by atoms with Gasteiger partial charge in [0.05, 0.1) is 0 Å². The fraction of sp³-hybridized carbons (Fsp3) is 0.125. The number of hydrogen-bond acceptors (Lipinski definition) is 3. The fourth-order valence-electron chi connectivity index (χ4n) is 4.01. The minimum atomic E-state index is -0.905. The molecule has 3 aromatic rings. The summed E-state index contributed by atoms with van der Waals surface area (Å²) in [5, 5.41) is 5.47. The van der Waals surface area contributed by atoms with Crippen molar-refractivity contribution in [1.82, 2.24) is 5.32 Å². The van der Waals surface area contributed by atoms with Gasteiger partial charge in [0.15, 0.2) is 0 Å². The van der Waals surface area contributed by atoms with Crippen LogP contribution in [-0.2, 0) is 9.59 Å². The molecule has 150 valence electrons.